The van der Waals surface area contributed by atoms with E-state index < -0.39 is 18.4 Å². The summed E-state index contributed by atoms with van der Waals surface area (Å²) in [6.45, 7) is 3.42. The Kier molecular flexibility index (Phi) is 8.05. The van der Waals surface area contributed by atoms with Crippen molar-refractivity contribution in [1.82, 2.24) is 9.97 Å². The summed E-state index contributed by atoms with van der Waals surface area (Å²) in [5.74, 6) is 1.52. The molecule has 0 saturated carbocycles. The van der Waals surface area contributed by atoms with Gasteiger partial charge in [0.05, 0.1) is 24.9 Å². The monoisotopic (exact) mass is 445 g/mol. The fraction of sp³-hybridized carbons (Fsp3) is 0.421. The number of carbonyl (C=O) groups is 1. The quantitative estimate of drug-likeness (QED) is 0.420. The van der Waals surface area contributed by atoms with Crippen molar-refractivity contribution in [2.24, 2.45) is 0 Å². The van der Waals surface area contributed by atoms with E-state index in [1.54, 1.807) is 13.8 Å². The van der Waals surface area contributed by atoms with Crippen molar-refractivity contribution in [2.45, 2.75) is 38.1 Å². The van der Waals surface area contributed by atoms with E-state index in [-0.39, 0.29) is 29.9 Å². The molecule has 10 heteroatoms. The van der Waals surface area contributed by atoms with E-state index in [1.165, 1.54) is 28.5 Å². The van der Waals surface area contributed by atoms with Gasteiger partial charge in [0.25, 0.3) is 0 Å². The van der Waals surface area contributed by atoms with Crippen LogP contribution >= 0.6 is 23.1 Å². The van der Waals surface area contributed by atoms with Gasteiger partial charge in [-0.2, -0.15) is 24.9 Å². The molecule has 0 spiro atoms. The number of alkyl halides is 3. The minimum atomic E-state index is -4.21. The van der Waals surface area contributed by atoms with Gasteiger partial charge in [-0.05, 0) is 13.0 Å². The minimum Gasteiger partial charge on any atom is -0.290 e. The molecule has 1 atom stereocenters. The number of aryl methyl sites for hydroxylation is 1. The van der Waals surface area contributed by atoms with E-state index in [4.69, 9.17) is 6.42 Å². The highest BCUT2D eigenvalue weighted by molar-refractivity contribution is 7.99. The van der Waals surface area contributed by atoms with Gasteiger partial charge in [0.2, 0.25) is 5.91 Å². The van der Waals surface area contributed by atoms with E-state index in [1.807, 2.05) is 0 Å². The summed E-state index contributed by atoms with van der Waals surface area (Å²) in [5.41, 5.74) is 1.03. The zero-order valence-corrected chi connectivity index (χ0v) is 17.4. The van der Waals surface area contributed by atoms with Crippen LogP contribution in [0, 0.1) is 25.1 Å². The summed E-state index contributed by atoms with van der Waals surface area (Å²) < 4.78 is 50.3. The highest BCUT2D eigenvalue weighted by Gasteiger charge is 2.27. The number of thiazole rings is 1. The number of halogens is 4. The van der Waals surface area contributed by atoms with Crippen molar-refractivity contribution in [3.05, 3.63) is 30.0 Å². The molecule has 2 rings (SSSR count). The lowest BCUT2D eigenvalue weighted by Crippen LogP contribution is -2.32. The van der Waals surface area contributed by atoms with Crippen LogP contribution in [-0.4, -0.2) is 39.6 Å². The Morgan fingerprint density at radius 2 is 2.14 bits per heavy atom. The van der Waals surface area contributed by atoms with E-state index in [0.717, 1.165) is 18.0 Å². The second-order valence-electron chi connectivity index (χ2n) is 6.24. The second-order valence-corrected chi connectivity index (χ2v) is 8.76. The molecular weight excluding hydrogens is 426 g/mol. The van der Waals surface area contributed by atoms with Crippen molar-refractivity contribution in [1.29, 1.82) is 0 Å². The van der Waals surface area contributed by atoms with Gasteiger partial charge < -0.3 is 0 Å². The van der Waals surface area contributed by atoms with Crippen LogP contribution in [0.1, 0.15) is 25.5 Å². The SMILES string of the molecule is C#CCN(C(=O)CC(C)SCCC(F)(F)F)c1sc(-c2cncc(F)c2)nc1C. The molecule has 0 aliphatic rings. The van der Waals surface area contributed by atoms with Gasteiger partial charge in [0.1, 0.15) is 15.8 Å². The number of carbonyl (C=O) groups excluding carboxylic acids is 1. The molecule has 0 fully saturated rings. The molecule has 29 heavy (non-hydrogen) atoms. The van der Waals surface area contributed by atoms with E-state index in [2.05, 4.69) is 15.9 Å². The first kappa shape index (κ1) is 23.2. The zero-order valence-electron chi connectivity index (χ0n) is 15.8. The Morgan fingerprint density at radius 3 is 2.76 bits per heavy atom. The Hall–Kier alpha value is -2.12. The number of thioether (sulfide) groups is 1. The lowest BCUT2D eigenvalue weighted by Gasteiger charge is -2.21. The summed E-state index contributed by atoms with van der Waals surface area (Å²) in [5, 5.41) is 0.719. The first-order chi connectivity index (χ1) is 13.6. The van der Waals surface area contributed by atoms with Crippen LogP contribution in [0.5, 0.6) is 0 Å². The summed E-state index contributed by atoms with van der Waals surface area (Å²) >= 11 is 2.27. The molecular formula is C19H19F4N3OS2. The van der Waals surface area contributed by atoms with Crippen molar-refractivity contribution in [3.63, 3.8) is 0 Å². The third-order valence-electron chi connectivity index (χ3n) is 3.77. The summed E-state index contributed by atoms with van der Waals surface area (Å²) in [6.07, 6.45) is 2.88. The third-order valence-corrected chi connectivity index (χ3v) is 6.17. The van der Waals surface area contributed by atoms with Gasteiger partial charge in [-0.3, -0.25) is 14.7 Å². The molecule has 2 heterocycles. The Labute approximate surface area is 174 Å². The third kappa shape index (κ3) is 7.01. The molecule has 0 aliphatic heterocycles. The summed E-state index contributed by atoms with van der Waals surface area (Å²) in [7, 11) is 0. The maximum atomic E-state index is 13.4. The first-order valence-corrected chi connectivity index (χ1v) is 10.5. The van der Waals surface area contributed by atoms with Gasteiger partial charge >= 0.3 is 6.18 Å². The predicted octanol–water partition coefficient (Wildman–Crippen LogP) is 5.08. The van der Waals surface area contributed by atoms with Crippen LogP contribution in [0.2, 0.25) is 0 Å². The smallest absolute Gasteiger partial charge is 0.290 e. The number of terminal acetylenes is 1. The first-order valence-electron chi connectivity index (χ1n) is 8.61. The number of hydrogen-bond acceptors (Lipinski definition) is 5. The van der Waals surface area contributed by atoms with Crippen LogP contribution in [0.15, 0.2) is 18.5 Å². The number of anilines is 1. The van der Waals surface area contributed by atoms with E-state index in [9.17, 15) is 22.4 Å². The number of aromatic nitrogens is 2. The molecule has 4 nitrogen and oxygen atoms in total. The average molecular weight is 446 g/mol. The second kappa shape index (κ2) is 10.1. The Morgan fingerprint density at radius 1 is 1.41 bits per heavy atom. The lowest BCUT2D eigenvalue weighted by molar-refractivity contribution is -0.129. The van der Waals surface area contributed by atoms with Crippen LogP contribution in [0.3, 0.4) is 0 Å². The number of rotatable bonds is 8. The average Bonchev–Trinajstić information content (AvgIpc) is 3.00. The predicted molar refractivity (Wildman–Crippen MR) is 108 cm³/mol. The molecule has 0 N–H and O–H groups in total. The molecule has 0 radical (unpaired) electrons. The Balaban J connectivity index is 2.12. The highest BCUT2D eigenvalue weighted by Crippen LogP contribution is 2.35. The molecule has 1 amide bonds. The maximum absolute atomic E-state index is 13.4. The van der Waals surface area contributed by atoms with Gasteiger partial charge in [-0.15, -0.1) is 6.42 Å². The molecule has 0 aliphatic carbocycles. The zero-order chi connectivity index (χ0) is 21.6. The van der Waals surface area contributed by atoms with Gasteiger partial charge in [-0.25, -0.2) is 9.37 Å². The largest absolute Gasteiger partial charge is 0.389 e. The van der Waals surface area contributed by atoms with E-state index in [0.29, 0.717) is 21.3 Å². The number of nitrogens with zero attached hydrogens (tertiary/aromatic N) is 3. The van der Waals surface area contributed by atoms with Gasteiger partial charge in [0.15, 0.2) is 0 Å². The van der Waals surface area contributed by atoms with Crippen LogP contribution in [-0.2, 0) is 4.79 Å². The fourth-order valence-electron chi connectivity index (χ4n) is 2.45. The highest BCUT2D eigenvalue weighted by atomic mass is 32.2. The molecule has 2 aromatic rings. The molecule has 2 aromatic heterocycles. The summed E-state index contributed by atoms with van der Waals surface area (Å²) in [4.78, 5) is 22.3. The Bertz CT molecular complexity index is 892. The number of hydrogen-bond donors (Lipinski definition) is 0. The van der Waals surface area contributed by atoms with Crippen molar-refractivity contribution in [2.75, 3.05) is 17.2 Å². The van der Waals surface area contributed by atoms with Gasteiger partial charge in [-0.1, -0.05) is 24.2 Å². The topological polar surface area (TPSA) is 46.1 Å². The van der Waals surface area contributed by atoms with Crippen LogP contribution in [0.25, 0.3) is 10.6 Å². The van der Waals surface area contributed by atoms with Gasteiger partial charge in [0, 0.05) is 29.2 Å². The van der Waals surface area contributed by atoms with Crippen molar-refractivity contribution in [3.8, 4) is 22.9 Å². The normalized spacial score (nSPS) is 12.4. The standard InChI is InChI=1S/C19H19F4N3OS2/c1-4-6-26(16(27)8-12(2)28-7-5-19(21,22)23)18-13(3)25-17(29-18)14-9-15(20)11-24-10-14/h1,9-12H,5-8H2,2-3H3. The van der Waals surface area contributed by atoms with E-state index >= 15 is 0 Å². The number of amides is 1. The fourth-order valence-corrected chi connectivity index (χ4v) is 4.52. The minimum absolute atomic E-state index is 0.00262. The molecule has 156 valence electrons. The van der Waals surface area contributed by atoms with Crippen molar-refractivity contribution >= 4 is 34.0 Å². The molecule has 1 unspecified atom stereocenters. The molecule has 0 bridgehead atoms. The number of pyridine rings is 1. The van der Waals surface area contributed by atoms with Crippen molar-refractivity contribution < 1.29 is 22.4 Å². The maximum Gasteiger partial charge on any atom is 0.389 e. The van der Waals surface area contributed by atoms with Crippen LogP contribution in [0.4, 0.5) is 22.6 Å². The molecule has 0 saturated heterocycles. The molecule has 0 aromatic carbocycles. The summed E-state index contributed by atoms with van der Waals surface area (Å²) in [6, 6.07) is 1.29. The van der Waals surface area contributed by atoms with Crippen LogP contribution < -0.4 is 4.90 Å². The lowest BCUT2D eigenvalue weighted by atomic mass is 10.3.